The molecule has 0 saturated carbocycles. The van der Waals surface area contributed by atoms with Gasteiger partial charge >= 0.3 is 5.97 Å². The van der Waals surface area contributed by atoms with E-state index < -0.39 is 5.97 Å². The first-order valence-electron chi connectivity index (χ1n) is 8.84. The molecule has 6 nitrogen and oxygen atoms in total. The molecule has 154 valence electrons. The molecule has 3 aromatic carbocycles. The summed E-state index contributed by atoms with van der Waals surface area (Å²) >= 11 is 12.0. The number of hydrazone groups is 1. The Bertz CT molecular complexity index is 1090. The monoisotopic (exact) mass is 444 g/mol. The van der Waals surface area contributed by atoms with E-state index in [1.165, 1.54) is 12.1 Å². The van der Waals surface area contributed by atoms with E-state index in [1.807, 2.05) is 18.2 Å². The second-order valence-electron chi connectivity index (χ2n) is 6.17. The van der Waals surface area contributed by atoms with Gasteiger partial charge in [-0.2, -0.15) is 5.10 Å². The van der Waals surface area contributed by atoms with E-state index >= 15 is 0 Å². The summed E-state index contributed by atoms with van der Waals surface area (Å²) in [5, 5.41) is 14.2. The number of nitrogens with zero attached hydrogens (tertiary/aromatic N) is 1. The smallest absolute Gasteiger partial charge is 0.335 e. The molecule has 0 unspecified atom stereocenters. The Kier molecular flexibility index (Phi) is 7.17. The fourth-order valence-electron chi connectivity index (χ4n) is 2.63. The van der Waals surface area contributed by atoms with Gasteiger partial charge in [-0.05, 0) is 48.0 Å². The molecule has 0 heterocycles. The molecule has 0 atom stereocenters. The van der Waals surface area contributed by atoms with Gasteiger partial charge in [0.15, 0.2) is 11.5 Å². The number of anilines is 1. The second-order valence-corrected chi connectivity index (χ2v) is 6.99. The SMILES string of the molecule is COc1cccc(C=NNc2cccc(C(=O)O)c2)c1OCc1ccc(Cl)c(Cl)c1. The predicted octanol–water partition coefficient (Wildman–Crippen LogP) is 5.73. The Labute approximate surface area is 183 Å². The molecule has 0 saturated heterocycles. The van der Waals surface area contributed by atoms with Gasteiger partial charge in [0, 0.05) is 5.56 Å². The van der Waals surface area contributed by atoms with Gasteiger partial charge in [0.1, 0.15) is 6.61 Å². The molecular formula is C22H18Cl2N2O4. The highest BCUT2D eigenvalue weighted by Gasteiger charge is 2.10. The van der Waals surface area contributed by atoms with E-state index in [2.05, 4.69) is 10.5 Å². The number of ether oxygens (including phenoxy) is 2. The van der Waals surface area contributed by atoms with Crippen molar-refractivity contribution in [3.63, 3.8) is 0 Å². The highest BCUT2D eigenvalue weighted by atomic mass is 35.5. The molecule has 0 aliphatic carbocycles. The molecule has 3 aromatic rings. The highest BCUT2D eigenvalue weighted by molar-refractivity contribution is 6.42. The van der Waals surface area contributed by atoms with Crippen molar-refractivity contribution in [2.24, 2.45) is 5.10 Å². The van der Waals surface area contributed by atoms with Crippen molar-refractivity contribution in [3.05, 3.63) is 87.4 Å². The minimum absolute atomic E-state index is 0.169. The van der Waals surface area contributed by atoms with Gasteiger partial charge in [-0.1, -0.05) is 41.4 Å². The lowest BCUT2D eigenvalue weighted by Crippen LogP contribution is -2.02. The molecule has 3 rings (SSSR count). The Morgan fingerprint density at radius 1 is 1.10 bits per heavy atom. The minimum Gasteiger partial charge on any atom is -0.493 e. The van der Waals surface area contributed by atoms with Gasteiger partial charge in [-0.25, -0.2) is 4.79 Å². The minimum atomic E-state index is -1.01. The number of rotatable bonds is 8. The average Bonchev–Trinajstić information content (AvgIpc) is 2.75. The summed E-state index contributed by atoms with van der Waals surface area (Å²) in [6.07, 6.45) is 1.57. The molecule has 0 radical (unpaired) electrons. The maximum Gasteiger partial charge on any atom is 0.335 e. The van der Waals surface area contributed by atoms with Crippen LogP contribution in [-0.2, 0) is 6.61 Å². The van der Waals surface area contributed by atoms with Crippen LogP contribution in [0.1, 0.15) is 21.5 Å². The molecule has 2 N–H and O–H groups in total. The fourth-order valence-corrected chi connectivity index (χ4v) is 2.95. The zero-order chi connectivity index (χ0) is 21.5. The number of benzene rings is 3. The molecular weight excluding hydrogens is 427 g/mol. The maximum atomic E-state index is 11.1. The number of aromatic carboxylic acids is 1. The summed E-state index contributed by atoms with van der Waals surface area (Å²) < 4.78 is 11.4. The van der Waals surface area contributed by atoms with E-state index in [-0.39, 0.29) is 12.2 Å². The summed E-state index contributed by atoms with van der Waals surface area (Å²) in [4.78, 5) is 11.1. The first-order chi connectivity index (χ1) is 14.5. The lowest BCUT2D eigenvalue weighted by Gasteiger charge is -2.13. The number of nitrogens with one attached hydrogen (secondary N) is 1. The van der Waals surface area contributed by atoms with Gasteiger partial charge < -0.3 is 14.6 Å². The topological polar surface area (TPSA) is 80.2 Å². The van der Waals surface area contributed by atoms with Gasteiger partial charge in [0.25, 0.3) is 0 Å². The zero-order valence-electron chi connectivity index (χ0n) is 15.9. The quantitative estimate of drug-likeness (QED) is 0.342. The number of carboxylic acids is 1. The van der Waals surface area contributed by atoms with Crippen LogP contribution in [0.15, 0.2) is 65.8 Å². The van der Waals surface area contributed by atoms with Gasteiger partial charge in [-0.3, -0.25) is 5.43 Å². The van der Waals surface area contributed by atoms with Crippen LogP contribution < -0.4 is 14.9 Å². The Morgan fingerprint density at radius 3 is 2.63 bits per heavy atom. The van der Waals surface area contributed by atoms with Crippen molar-refractivity contribution >= 4 is 41.1 Å². The fraction of sp³-hybridized carbons (Fsp3) is 0.0909. The zero-order valence-corrected chi connectivity index (χ0v) is 17.4. The summed E-state index contributed by atoms with van der Waals surface area (Å²) in [5.74, 6) is 0.0520. The Morgan fingerprint density at radius 2 is 1.90 bits per heavy atom. The van der Waals surface area contributed by atoms with Gasteiger partial charge in [0.05, 0.1) is 34.6 Å². The normalized spacial score (nSPS) is 10.8. The number of carbonyl (C=O) groups is 1. The van der Waals surface area contributed by atoms with Crippen LogP contribution in [0, 0.1) is 0 Å². The van der Waals surface area contributed by atoms with Crippen LogP contribution in [0.2, 0.25) is 10.0 Å². The molecule has 30 heavy (non-hydrogen) atoms. The maximum absolute atomic E-state index is 11.1. The van der Waals surface area contributed by atoms with Crippen LogP contribution in [0.3, 0.4) is 0 Å². The van der Waals surface area contributed by atoms with Crippen molar-refractivity contribution < 1.29 is 19.4 Å². The molecule has 0 aliphatic heterocycles. The summed E-state index contributed by atoms with van der Waals surface area (Å²) in [6.45, 7) is 0.256. The third kappa shape index (κ3) is 5.43. The second kappa shape index (κ2) is 10.0. The molecule has 0 spiro atoms. The summed E-state index contributed by atoms with van der Waals surface area (Å²) in [7, 11) is 1.55. The van der Waals surface area contributed by atoms with Crippen molar-refractivity contribution in [3.8, 4) is 11.5 Å². The van der Waals surface area contributed by atoms with Crippen molar-refractivity contribution in [1.82, 2.24) is 0 Å². The summed E-state index contributed by atoms with van der Waals surface area (Å²) in [5.41, 5.74) is 5.06. The third-order valence-corrected chi connectivity index (χ3v) is 4.84. The number of methoxy groups -OCH3 is 1. The standard InChI is InChI=1S/C22H18Cl2N2O4/c1-29-20-7-3-5-16(12-25-26-17-6-2-4-15(11-17)22(27)28)21(20)30-13-14-8-9-18(23)19(24)10-14/h2-12,26H,13H2,1H3,(H,27,28). The molecule has 0 aliphatic rings. The molecule has 0 aromatic heterocycles. The lowest BCUT2D eigenvalue weighted by molar-refractivity contribution is 0.0697. The molecule has 0 fully saturated rings. The van der Waals surface area contributed by atoms with E-state index in [1.54, 1.807) is 43.7 Å². The average molecular weight is 445 g/mol. The highest BCUT2D eigenvalue weighted by Crippen LogP contribution is 2.31. The Hall–Kier alpha value is -3.22. The van der Waals surface area contributed by atoms with Crippen LogP contribution in [-0.4, -0.2) is 24.4 Å². The third-order valence-electron chi connectivity index (χ3n) is 4.10. The van der Waals surface area contributed by atoms with Crippen molar-refractivity contribution in [2.45, 2.75) is 6.61 Å². The summed E-state index contributed by atoms with van der Waals surface area (Å²) in [6, 6.07) is 17.1. The van der Waals surface area contributed by atoms with Crippen LogP contribution in [0.5, 0.6) is 11.5 Å². The molecule has 0 amide bonds. The number of para-hydroxylation sites is 1. The van der Waals surface area contributed by atoms with E-state index in [0.29, 0.717) is 32.8 Å². The number of hydrogen-bond donors (Lipinski definition) is 2. The van der Waals surface area contributed by atoms with Crippen LogP contribution in [0.4, 0.5) is 5.69 Å². The van der Waals surface area contributed by atoms with Crippen LogP contribution in [0.25, 0.3) is 0 Å². The molecule has 0 bridgehead atoms. The lowest BCUT2D eigenvalue weighted by atomic mass is 10.2. The van der Waals surface area contributed by atoms with E-state index in [4.69, 9.17) is 37.8 Å². The first kappa shape index (κ1) is 21.5. The van der Waals surface area contributed by atoms with Gasteiger partial charge in [-0.15, -0.1) is 0 Å². The Balaban J connectivity index is 1.77. The molecule has 8 heteroatoms. The largest absolute Gasteiger partial charge is 0.493 e. The van der Waals surface area contributed by atoms with E-state index in [0.717, 1.165) is 5.56 Å². The van der Waals surface area contributed by atoms with Crippen molar-refractivity contribution in [1.29, 1.82) is 0 Å². The number of halogens is 2. The first-order valence-corrected chi connectivity index (χ1v) is 9.59. The van der Waals surface area contributed by atoms with E-state index in [9.17, 15) is 4.79 Å². The number of carboxylic acid groups (broad SMARTS) is 1. The van der Waals surface area contributed by atoms with Crippen LogP contribution >= 0.6 is 23.2 Å². The van der Waals surface area contributed by atoms with Gasteiger partial charge in [0.2, 0.25) is 0 Å². The van der Waals surface area contributed by atoms with Crippen molar-refractivity contribution in [2.75, 3.05) is 12.5 Å². The number of hydrogen-bond acceptors (Lipinski definition) is 5. The predicted molar refractivity (Wildman–Crippen MR) is 118 cm³/mol.